The average Bonchev–Trinajstić information content (AvgIpc) is 2.64. The van der Waals surface area contributed by atoms with E-state index < -0.39 is 0 Å². The molecule has 0 radical (unpaired) electrons. The van der Waals surface area contributed by atoms with E-state index in [0.29, 0.717) is 35.5 Å². The van der Waals surface area contributed by atoms with E-state index in [-0.39, 0.29) is 19.1 Å². The van der Waals surface area contributed by atoms with Crippen molar-refractivity contribution in [2.45, 2.75) is 13.2 Å². The first kappa shape index (κ1) is 17.5. The number of para-hydroxylation sites is 1. The number of carbonyl (C=O) groups is 2. The Balaban J connectivity index is 1.90. The predicted molar refractivity (Wildman–Crippen MR) is 88.1 cm³/mol. The zero-order valence-electron chi connectivity index (χ0n) is 13.3. The second-order valence-electron chi connectivity index (χ2n) is 5.02. The molecule has 2 aromatic carbocycles. The molecule has 2 N–H and O–H groups in total. The smallest absolute Gasteiger partial charge is 0.258 e. The predicted octanol–water partition coefficient (Wildman–Crippen LogP) is 1.70. The highest BCUT2D eigenvalue weighted by molar-refractivity contribution is 5.78. The number of aldehydes is 1. The van der Waals surface area contributed by atoms with Crippen molar-refractivity contribution >= 4 is 12.2 Å². The van der Waals surface area contributed by atoms with Crippen LogP contribution in [0.15, 0.2) is 42.5 Å². The lowest BCUT2D eigenvalue weighted by Crippen LogP contribution is -2.28. The molecular formula is C18H19NO5. The zero-order chi connectivity index (χ0) is 17.4. The van der Waals surface area contributed by atoms with E-state index in [0.717, 1.165) is 5.56 Å². The first-order valence-corrected chi connectivity index (χ1v) is 7.38. The van der Waals surface area contributed by atoms with Crippen molar-refractivity contribution in [1.82, 2.24) is 5.32 Å². The third-order valence-corrected chi connectivity index (χ3v) is 3.42. The SMILES string of the molecule is COc1ccccc1CNC(=O)COc1ccc(C=O)cc1CO. The van der Waals surface area contributed by atoms with Crippen LogP contribution >= 0.6 is 0 Å². The van der Waals surface area contributed by atoms with E-state index in [1.165, 1.54) is 6.07 Å². The fourth-order valence-corrected chi connectivity index (χ4v) is 2.17. The van der Waals surface area contributed by atoms with Crippen molar-refractivity contribution in [1.29, 1.82) is 0 Å². The average molecular weight is 329 g/mol. The summed E-state index contributed by atoms with van der Waals surface area (Å²) in [6.45, 7) is -0.147. The van der Waals surface area contributed by atoms with Crippen LogP contribution in [0.4, 0.5) is 0 Å². The van der Waals surface area contributed by atoms with Gasteiger partial charge >= 0.3 is 0 Å². The van der Waals surface area contributed by atoms with E-state index in [9.17, 15) is 14.7 Å². The summed E-state index contributed by atoms with van der Waals surface area (Å²) >= 11 is 0. The van der Waals surface area contributed by atoms with Gasteiger partial charge in [-0.05, 0) is 24.3 Å². The first-order valence-electron chi connectivity index (χ1n) is 7.38. The molecule has 0 aromatic heterocycles. The molecule has 1 amide bonds. The number of ether oxygens (including phenoxy) is 2. The van der Waals surface area contributed by atoms with E-state index in [1.54, 1.807) is 19.2 Å². The molecule has 0 aliphatic rings. The van der Waals surface area contributed by atoms with Gasteiger partial charge in [-0.15, -0.1) is 0 Å². The van der Waals surface area contributed by atoms with Crippen LogP contribution in [0.25, 0.3) is 0 Å². The second-order valence-corrected chi connectivity index (χ2v) is 5.02. The molecule has 126 valence electrons. The Bertz CT molecular complexity index is 714. The van der Waals surface area contributed by atoms with Gasteiger partial charge in [-0.2, -0.15) is 0 Å². The van der Waals surface area contributed by atoms with Crippen LogP contribution in [0.3, 0.4) is 0 Å². The van der Waals surface area contributed by atoms with E-state index >= 15 is 0 Å². The molecule has 0 bridgehead atoms. The Morgan fingerprint density at radius 2 is 1.96 bits per heavy atom. The van der Waals surface area contributed by atoms with Gasteiger partial charge in [0, 0.05) is 23.2 Å². The van der Waals surface area contributed by atoms with Crippen LogP contribution in [0.5, 0.6) is 11.5 Å². The number of carbonyl (C=O) groups excluding carboxylic acids is 2. The molecule has 0 spiro atoms. The molecule has 6 nitrogen and oxygen atoms in total. The number of hydrogen-bond acceptors (Lipinski definition) is 5. The summed E-state index contributed by atoms with van der Waals surface area (Å²) in [6, 6.07) is 12.0. The van der Waals surface area contributed by atoms with Gasteiger partial charge in [-0.3, -0.25) is 9.59 Å². The molecule has 24 heavy (non-hydrogen) atoms. The quantitative estimate of drug-likeness (QED) is 0.720. The molecule has 0 aliphatic heterocycles. The number of methoxy groups -OCH3 is 1. The van der Waals surface area contributed by atoms with Crippen LogP contribution in [-0.2, 0) is 17.9 Å². The highest BCUT2D eigenvalue weighted by Crippen LogP contribution is 2.20. The minimum absolute atomic E-state index is 0.192. The minimum Gasteiger partial charge on any atom is -0.496 e. The largest absolute Gasteiger partial charge is 0.496 e. The molecule has 2 rings (SSSR count). The normalized spacial score (nSPS) is 10.1. The maximum absolute atomic E-state index is 11.9. The van der Waals surface area contributed by atoms with Gasteiger partial charge in [-0.25, -0.2) is 0 Å². The lowest BCUT2D eigenvalue weighted by Gasteiger charge is -2.12. The van der Waals surface area contributed by atoms with Gasteiger partial charge in [0.15, 0.2) is 6.61 Å². The van der Waals surface area contributed by atoms with Crippen LogP contribution in [-0.4, -0.2) is 31.0 Å². The van der Waals surface area contributed by atoms with Gasteiger partial charge in [-0.1, -0.05) is 18.2 Å². The number of hydrogen-bond donors (Lipinski definition) is 2. The summed E-state index contributed by atoms with van der Waals surface area (Å²) in [5, 5.41) is 12.0. The highest BCUT2D eigenvalue weighted by atomic mass is 16.5. The molecular weight excluding hydrogens is 310 g/mol. The molecule has 6 heteroatoms. The number of benzene rings is 2. The molecule has 2 aromatic rings. The molecule has 0 saturated carbocycles. The summed E-state index contributed by atoms with van der Waals surface area (Å²) in [7, 11) is 1.57. The summed E-state index contributed by atoms with van der Waals surface area (Å²) in [5.74, 6) is 0.769. The van der Waals surface area contributed by atoms with Gasteiger partial charge in [0.25, 0.3) is 5.91 Å². The molecule has 0 fully saturated rings. The topological polar surface area (TPSA) is 84.9 Å². The number of nitrogens with one attached hydrogen (secondary N) is 1. The summed E-state index contributed by atoms with van der Waals surface area (Å²) in [6.07, 6.45) is 0.683. The fraction of sp³-hybridized carbons (Fsp3) is 0.222. The minimum atomic E-state index is -0.302. The monoisotopic (exact) mass is 329 g/mol. The van der Waals surface area contributed by atoms with Gasteiger partial charge in [0.2, 0.25) is 0 Å². The first-order chi connectivity index (χ1) is 11.7. The number of aliphatic hydroxyl groups is 1. The van der Waals surface area contributed by atoms with E-state index in [4.69, 9.17) is 9.47 Å². The summed E-state index contributed by atoms with van der Waals surface area (Å²) < 4.78 is 10.6. The van der Waals surface area contributed by atoms with Crippen molar-refractivity contribution in [3.05, 3.63) is 59.2 Å². The molecule has 0 heterocycles. The molecule has 0 aliphatic carbocycles. The Morgan fingerprint density at radius 1 is 1.17 bits per heavy atom. The van der Waals surface area contributed by atoms with Crippen molar-refractivity contribution in [2.75, 3.05) is 13.7 Å². The zero-order valence-corrected chi connectivity index (χ0v) is 13.3. The lowest BCUT2D eigenvalue weighted by atomic mass is 10.1. The molecule has 0 saturated heterocycles. The second kappa shape index (κ2) is 8.69. The highest BCUT2D eigenvalue weighted by Gasteiger charge is 2.09. The fourth-order valence-electron chi connectivity index (χ4n) is 2.17. The summed E-state index contributed by atoms with van der Waals surface area (Å²) in [4.78, 5) is 22.6. The van der Waals surface area contributed by atoms with Gasteiger partial charge < -0.3 is 19.9 Å². The Hall–Kier alpha value is -2.86. The number of amides is 1. The third-order valence-electron chi connectivity index (χ3n) is 3.42. The Labute approximate surface area is 140 Å². The molecule has 0 unspecified atom stereocenters. The van der Waals surface area contributed by atoms with Crippen LogP contribution < -0.4 is 14.8 Å². The number of rotatable bonds is 8. The van der Waals surface area contributed by atoms with E-state index in [2.05, 4.69) is 5.32 Å². The maximum atomic E-state index is 11.9. The standard InChI is InChI=1S/C18H19NO5/c1-23-16-5-3-2-4-14(16)9-19-18(22)12-24-17-7-6-13(10-20)8-15(17)11-21/h2-8,10,21H,9,11-12H2,1H3,(H,19,22). The maximum Gasteiger partial charge on any atom is 0.258 e. The molecule has 0 atom stereocenters. The Kier molecular flexibility index (Phi) is 6.33. The van der Waals surface area contributed by atoms with Gasteiger partial charge in [0.05, 0.1) is 13.7 Å². The number of aliphatic hydroxyl groups excluding tert-OH is 1. The van der Waals surface area contributed by atoms with Crippen molar-refractivity contribution in [2.24, 2.45) is 0 Å². The van der Waals surface area contributed by atoms with Crippen molar-refractivity contribution in [3.8, 4) is 11.5 Å². The third kappa shape index (κ3) is 4.57. The van der Waals surface area contributed by atoms with Crippen LogP contribution in [0, 0.1) is 0 Å². The van der Waals surface area contributed by atoms with Crippen LogP contribution in [0.1, 0.15) is 21.5 Å². The van der Waals surface area contributed by atoms with Crippen molar-refractivity contribution < 1.29 is 24.2 Å². The van der Waals surface area contributed by atoms with Crippen molar-refractivity contribution in [3.63, 3.8) is 0 Å². The van der Waals surface area contributed by atoms with Gasteiger partial charge in [0.1, 0.15) is 17.8 Å². The van der Waals surface area contributed by atoms with E-state index in [1.807, 2.05) is 24.3 Å². The summed E-state index contributed by atoms with van der Waals surface area (Å²) in [5.41, 5.74) is 1.75. The lowest BCUT2D eigenvalue weighted by molar-refractivity contribution is -0.123. The Morgan fingerprint density at radius 3 is 2.67 bits per heavy atom. The van der Waals surface area contributed by atoms with Crippen LogP contribution in [0.2, 0.25) is 0 Å².